The average molecular weight is 206 g/mol. The van der Waals surface area contributed by atoms with Crippen LogP contribution in [0.5, 0.6) is 5.75 Å². The van der Waals surface area contributed by atoms with Gasteiger partial charge in [-0.15, -0.1) is 0 Å². The minimum atomic E-state index is -0.632. The molecular formula is C11H14N2O2. The van der Waals surface area contributed by atoms with Gasteiger partial charge in [0.1, 0.15) is 5.75 Å². The van der Waals surface area contributed by atoms with Gasteiger partial charge in [-0.3, -0.25) is 9.78 Å². The van der Waals surface area contributed by atoms with Crippen LogP contribution >= 0.6 is 0 Å². The molecule has 0 aromatic carbocycles. The second-order valence-electron chi connectivity index (χ2n) is 3.83. The van der Waals surface area contributed by atoms with Crippen molar-refractivity contribution < 1.29 is 9.53 Å². The molecule has 4 heteroatoms. The van der Waals surface area contributed by atoms with Crippen molar-refractivity contribution in [2.75, 3.05) is 6.61 Å². The Bertz CT molecular complexity index is 386. The SMILES string of the molecule is CCOc1cncc(C(=O)C2(N)CC2)c1. The third-order valence-corrected chi connectivity index (χ3v) is 2.53. The van der Waals surface area contributed by atoms with Crippen LogP contribution in [0.3, 0.4) is 0 Å². The number of Topliss-reactive ketones (excluding diaryl/α,β-unsaturated/α-hetero) is 1. The first-order chi connectivity index (χ1) is 7.15. The summed E-state index contributed by atoms with van der Waals surface area (Å²) in [6.07, 6.45) is 4.67. The molecule has 0 amide bonds. The predicted molar refractivity (Wildman–Crippen MR) is 55.9 cm³/mol. The van der Waals surface area contributed by atoms with Crippen LogP contribution < -0.4 is 10.5 Å². The Kier molecular flexibility index (Phi) is 2.44. The van der Waals surface area contributed by atoms with Crippen molar-refractivity contribution in [3.63, 3.8) is 0 Å². The number of pyridine rings is 1. The molecule has 0 radical (unpaired) electrons. The highest BCUT2D eigenvalue weighted by Crippen LogP contribution is 2.35. The zero-order chi connectivity index (χ0) is 10.9. The zero-order valence-corrected chi connectivity index (χ0v) is 8.69. The van der Waals surface area contributed by atoms with Gasteiger partial charge >= 0.3 is 0 Å². The van der Waals surface area contributed by atoms with Gasteiger partial charge in [0.25, 0.3) is 0 Å². The molecule has 0 spiro atoms. The minimum Gasteiger partial charge on any atom is -0.492 e. The molecule has 0 saturated heterocycles. The Hall–Kier alpha value is -1.42. The molecule has 2 N–H and O–H groups in total. The summed E-state index contributed by atoms with van der Waals surface area (Å²) in [5.74, 6) is 0.587. The lowest BCUT2D eigenvalue weighted by atomic mass is 10.1. The molecule has 1 fully saturated rings. The molecule has 1 aromatic rings. The van der Waals surface area contributed by atoms with Gasteiger partial charge in [-0.25, -0.2) is 0 Å². The maximum Gasteiger partial charge on any atom is 0.184 e. The number of nitrogens with two attached hydrogens (primary N) is 1. The lowest BCUT2D eigenvalue weighted by Crippen LogP contribution is -2.32. The molecule has 2 rings (SSSR count). The third kappa shape index (κ3) is 1.99. The van der Waals surface area contributed by atoms with Crippen LogP contribution in [-0.2, 0) is 0 Å². The fraction of sp³-hybridized carbons (Fsp3) is 0.455. The van der Waals surface area contributed by atoms with E-state index in [9.17, 15) is 4.79 Å². The quantitative estimate of drug-likeness (QED) is 0.750. The smallest absolute Gasteiger partial charge is 0.184 e. The summed E-state index contributed by atoms with van der Waals surface area (Å²) in [4.78, 5) is 15.8. The number of aromatic nitrogens is 1. The summed E-state index contributed by atoms with van der Waals surface area (Å²) < 4.78 is 5.27. The third-order valence-electron chi connectivity index (χ3n) is 2.53. The normalized spacial score (nSPS) is 17.2. The van der Waals surface area contributed by atoms with Gasteiger partial charge in [0.05, 0.1) is 18.3 Å². The van der Waals surface area contributed by atoms with E-state index in [0.29, 0.717) is 17.9 Å². The Morgan fingerprint density at radius 1 is 1.60 bits per heavy atom. The summed E-state index contributed by atoms with van der Waals surface area (Å²) >= 11 is 0. The van der Waals surface area contributed by atoms with E-state index >= 15 is 0 Å². The van der Waals surface area contributed by atoms with Crippen molar-refractivity contribution in [3.05, 3.63) is 24.0 Å². The van der Waals surface area contributed by atoms with E-state index in [-0.39, 0.29) is 5.78 Å². The number of carbonyl (C=O) groups is 1. The Balaban J connectivity index is 2.21. The zero-order valence-electron chi connectivity index (χ0n) is 8.69. The summed E-state index contributed by atoms with van der Waals surface area (Å²) in [5.41, 5.74) is 5.74. The van der Waals surface area contributed by atoms with Gasteiger partial charge < -0.3 is 10.5 Å². The maximum atomic E-state index is 11.9. The first-order valence-corrected chi connectivity index (χ1v) is 5.07. The van der Waals surface area contributed by atoms with Crippen molar-refractivity contribution in [1.29, 1.82) is 0 Å². The van der Waals surface area contributed by atoms with Crippen LogP contribution in [0.15, 0.2) is 18.5 Å². The van der Waals surface area contributed by atoms with Gasteiger partial charge in [0.2, 0.25) is 0 Å². The van der Waals surface area contributed by atoms with Crippen molar-refractivity contribution in [2.45, 2.75) is 25.3 Å². The van der Waals surface area contributed by atoms with E-state index < -0.39 is 5.54 Å². The molecule has 0 atom stereocenters. The highest BCUT2D eigenvalue weighted by atomic mass is 16.5. The van der Waals surface area contributed by atoms with Crippen LogP contribution in [0.25, 0.3) is 0 Å². The number of rotatable bonds is 4. The largest absolute Gasteiger partial charge is 0.492 e. The number of hydrogen-bond acceptors (Lipinski definition) is 4. The van der Waals surface area contributed by atoms with E-state index in [4.69, 9.17) is 10.5 Å². The molecule has 4 nitrogen and oxygen atoms in total. The van der Waals surface area contributed by atoms with Crippen molar-refractivity contribution >= 4 is 5.78 Å². The Morgan fingerprint density at radius 2 is 2.33 bits per heavy atom. The van der Waals surface area contributed by atoms with E-state index in [0.717, 1.165) is 12.8 Å². The fourth-order valence-electron chi connectivity index (χ4n) is 1.44. The molecular weight excluding hydrogens is 192 g/mol. The van der Waals surface area contributed by atoms with Crippen molar-refractivity contribution in [1.82, 2.24) is 4.98 Å². The van der Waals surface area contributed by atoms with Crippen LogP contribution in [0.1, 0.15) is 30.1 Å². The van der Waals surface area contributed by atoms with E-state index in [2.05, 4.69) is 4.98 Å². The Morgan fingerprint density at radius 3 is 2.93 bits per heavy atom. The lowest BCUT2D eigenvalue weighted by Gasteiger charge is -2.08. The van der Waals surface area contributed by atoms with Gasteiger partial charge in [0, 0.05) is 11.8 Å². The molecule has 1 aromatic heterocycles. The molecule has 1 saturated carbocycles. The second-order valence-corrected chi connectivity index (χ2v) is 3.83. The standard InChI is InChI=1S/C11H14N2O2/c1-2-15-9-5-8(6-13-7-9)10(14)11(12)3-4-11/h5-7H,2-4,12H2,1H3. The van der Waals surface area contributed by atoms with Crippen LogP contribution in [0.4, 0.5) is 0 Å². The molecule has 1 aliphatic rings. The first-order valence-electron chi connectivity index (χ1n) is 5.07. The van der Waals surface area contributed by atoms with Crippen LogP contribution in [0.2, 0.25) is 0 Å². The summed E-state index contributed by atoms with van der Waals surface area (Å²) in [5, 5.41) is 0. The van der Waals surface area contributed by atoms with Gasteiger partial charge in [-0.05, 0) is 25.8 Å². The highest BCUT2D eigenvalue weighted by Gasteiger charge is 2.46. The molecule has 0 bridgehead atoms. The fourth-order valence-corrected chi connectivity index (χ4v) is 1.44. The molecule has 1 heterocycles. The molecule has 80 valence electrons. The van der Waals surface area contributed by atoms with E-state index in [1.165, 1.54) is 6.20 Å². The predicted octanol–water partition coefficient (Wildman–Crippen LogP) is 1.15. The van der Waals surface area contributed by atoms with Crippen LogP contribution in [0, 0.1) is 0 Å². The number of hydrogen-bond donors (Lipinski definition) is 1. The topological polar surface area (TPSA) is 65.2 Å². The number of ether oxygens (including phenoxy) is 1. The molecule has 0 aliphatic heterocycles. The second kappa shape index (κ2) is 3.62. The molecule has 0 unspecified atom stereocenters. The minimum absolute atomic E-state index is 0.0310. The maximum absolute atomic E-state index is 11.9. The van der Waals surface area contributed by atoms with Gasteiger partial charge in [0.15, 0.2) is 5.78 Å². The van der Waals surface area contributed by atoms with Crippen LogP contribution in [-0.4, -0.2) is 22.9 Å². The average Bonchev–Trinajstić information content (AvgIpc) is 2.98. The number of ketones is 1. The molecule has 15 heavy (non-hydrogen) atoms. The van der Waals surface area contributed by atoms with Gasteiger partial charge in [-0.1, -0.05) is 0 Å². The summed E-state index contributed by atoms with van der Waals surface area (Å²) in [6, 6.07) is 1.70. The highest BCUT2D eigenvalue weighted by molar-refractivity contribution is 6.05. The summed E-state index contributed by atoms with van der Waals surface area (Å²) in [6.45, 7) is 2.45. The van der Waals surface area contributed by atoms with E-state index in [1.54, 1.807) is 12.3 Å². The van der Waals surface area contributed by atoms with Crippen molar-refractivity contribution in [2.24, 2.45) is 5.73 Å². The number of nitrogens with zero attached hydrogens (tertiary/aromatic N) is 1. The monoisotopic (exact) mass is 206 g/mol. The summed E-state index contributed by atoms with van der Waals surface area (Å²) in [7, 11) is 0. The first kappa shape index (κ1) is 10.1. The Labute approximate surface area is 88.4 Å². The van der Waals surface area contributed by atoms with E-state index in [1.807, 2.05) is 6.92 Å². The molecule has 1 aliphatic carbocycles. The lowest BCUT2D eigenvalue weighted by molar-refractivity contribution is 0.0948. The number of carbonyl (C=O) groups excluding carboxylic acids is 1. The van der Waals surface area contributed by atoms with Gasteiger partial charge in [-0.2, -0.15) is 0 Å². The van der Waals surface area contributed by atoms with Crippen molar-refractivity contribution in [3.8, 4) is 5.75 Å².